The highest BCUT2D eigenvalue weighted by atomic mass is 16.6. The molecule has 1 aromatic rings. The molecule has 0 fully saturated rings. The second-order valence-corrected chi connectivity index (χ2v) is 6.37. The Morgan fingerprint density at radius 1 is 1.14 bits per heavy atom. The lowest BCUT2D eigenvalue weighted by Crippen LogP contribution is -2.28. The lowest BCUT2D eigenvalue weighted by Gasteiger charge is -2.21. The van der Waals surface area contributed by atoms with E-state index in [4.69, 9.17) is 9.47 Å². The molecule has 0 bridgehead atoms. The van der Waals surface area contributed by atoms with Crippen LogP contribution < -0.4 is 0 Å². The Kier molecular flexibility index (Phi) is 7.09. The molecule has 0 radical (unpaired) electrons. The summed E-state index contributed by atoms with van der Waals surface area (Å²) in [7, 11) is 0. The first kappa shape index (κ1) is 18.2. The molecule has 0 N–H and O–H groups in total. The number of hydrogen-bond donors (Lipinski definition) is 0. The Balaban J connectivity index is 2.54. The van der Waals surface area contributed by atoms with Gasteiger partial charge in [0, 0.05) is 0 Å². The minimum Gasteiger partial charge on any atom is -0.461 e. The van der Waals surface area contributed by atoms with E-state index < -0.39 is 11.5 Å². The zero-order chi connectivity index (χ0) is 16.6. The third-order valence-corrected chi connectivity index (χ3v) is 3.03. The third kappa shape index (κ3) is 7.25. The molecule has 0 aromatic heterocycles. The molecule has 1 atom stereocenters. The Labute approximate surface area is 132 Å². The lowest BCUT2D eigenvalue weighted by molar-refractivity contribution is -0.162. The summed E-state index contributed by atoms with van der Waals surface area (Å²) in [6.07, 6.45) is 1.50. The zero-order valence-electron chi connectivity index (χ0n) is 13.9. The SMILES string of the molecule is CCCC(CC(=O)OC(C)(C)C)C(=O)OCc1ccccc1. The predicted octanol–water partition coefficient (Wildman–Crippen LogP) is 3.88. The Morgan fingerprint density at radius 2 is 1.77 bits per heavy atom. The molecule has 0 heterocycles. The highest BCUT2D eigenvalue weighted by Crippen LogP contribution is 2.18. The minimum absolute atomic E-state index is 0.0682. The first-order valence-electron chi connectivity index (χ1n) is 7.74. The summed E-state index contributed by atoms with van der Waals surface area (Å²) in [5.41, 5.74) is 0.394. The van der Waals surface area contributed by atoms with Crippen LogP contribution in [0.1, 0.15) is 52.5 Å². The largest absolute Gasteiger partial charge is 0.461 e. The van der Waals surface area contributed by atoms with Gasteiger partial charge in [0.15, 0.2) is 0 Å². The fraction of sp³-hybridized carbons (Fsp3) is 0.556. The van der Waals surface area contributed by atoms with Crippen molar-refractivity contribution in [1.82, 2.24) is 0 Å². The van der Waals surface area contributed by atoms with Crippen LogP contribution in [0.15, 0.2) is 30.3 Å². The molecule has 0 spiro atoms. The maximum absolute atomic E-state index is 12.2. The summed E-state index contributed by atoms with van der Waals surface area (Å²) in [4.78, 5) is 24.1. The fourth-order valence-corrected chi connectivity index (χ4v) is 2.08. The van der Waals surface area contributed by atoms with E-state index >= 15 is 0 Å². The summed E-state index contributed by atoms with van der Waals surface area (Å²) in [5.74, 6) is -1.14. The number of carbonyl (C=O) groups is 2. The van der Waals surface area contributed by atoms with Crippen molar-refractivity contribution in [3.05, 3.63) is 35.9 Å². The number of carbonyl (C=O) groups excluding carboxylic acids is 2. The number of rotatable bonds is 7. The Hall–Kier alpha value is -1.84. The topological polar surface area (TPSA) is 52.6 Å². The quantitative estimate of drug-likeness (QED) is 0.717. The van der Waals surface area contributed by atoms with Gasteiger partial charge in [-0.1, -0.05) is 43.7 Å². The maximum atomic E-state index is 12.2. The first-order chi connectivity index (χ1) is 10.3. The molecule has 1 rings (SSSR count). The summed E-state index contributed by atoms with van der Waals surface area (Å²) in [6, 6.07) is 9.50. The van der Waals surface area contributed by atoms with Crippen LogP contribution in [0.25, 0.3) is 0 Å². The molecular formula is C18H26O4. The van der Waals surface area contributed by atoms with Gasteiger partial charge in [-0.05, 0) is 32.8 Å². The van der Waals surface area contributed by atoms with Gasteiger partial charge in [-0.3, -0.25) is 9.59 Å². The molecule has 1 aromatic carbocycles. The van der Waals surface area contributed by atoms with Gasteiger partial charge in [0.05, 0.1) is 12.3 Å². The van der Waals surface area contributed by atoms with Gasteiger partial charge in [-0.25, -0.2) is 0 Å². The van der Waals surface area contributed by atoms with Gasteiger partial charge < -0.3 is 9.47 Å². The molecule has 0 saturated heterocycles. The van der Waals surface area contributed by atoms with E-state index in [0.29, 0.717) is 6.42 Å². The average Bonchev–Trinajstić information content (AvgIpc) is 2.43. The fourth-order valence-electron chi connectivity index (χ4n) is 2.08. The third-order valence-electron chi connectivity index (χ3n) is 3.03. The monoisotopic (exact) mass is 306 g/mol. The molecule has 4 heteroatoms. The maximum Gasteiger partial charge on any atom is 0.309 e. The van der Waals surface area contributed by atoms with Crippen LogP contribution in [0.5, 0.6) is 0 Å². The molecule has 0 amide bonds. The van der Waals surface area contributed by atoms with Gasteiger partial charge in [0.1, 0.15) is 12.2 Å². The second kappa shape index (κ2) is 8.57. The molecule has 1 unspecified atom stereocenters. The van der Waals surface area contributed by atoms with Crippen LogP contribution in [-0.4, -0.2) is 17.5 Å². The highest BCUT2D eigenvalue weighted by molar-refractivity contribution is 5.80. The van der Waals surface area contributed by atoms with Crippen molar-refractivity contribution < 1.29 is 19.1 Å². The van der Waals surface area contributed by atoms with E-state index in [1.54, 1.807) is 0 Å². The van der Waals surface area contributed by atoms with E-state index in [2.05, 4.69) is 0 Å². The molecule has 0 saturated carbocycles. The molecule has 122 valence electrons. The van der Waals surface area contributed by atoms with Gasteiger partial charge in [-0.2, -0.15) is 0 Å². The summed E-state index contributed by atoms with van der Waals surface area (Å²) in [6.45, 7) is 7.65. The van der Waals surface area contributed by atoms with Crippen LogP contribution in [0.2, 0.25) is 0 Å². The van der Waals surface area contributed by atoms with Crippen molar-refractivity contribution in [3.63, 3.8) is 0 Å². The summed E-state index contributed by atoms with van der Waals surface area (Å²) < 4.78 is 10.6. The average molecular weight is 306 g/mol. The van der Waals surface area contributed by atoms with Crippen molar-refractivity contribution >= 4 is 11.9 Å². The molecule has 0 aliphatic carbocycles. The van der Waals surface area contributed by atoms with Crippen LogP contribution in [-0.2, 0) is 25.7 Å². The molecule has 4 nitrogen and oxygen atoms in total. The number of hydrogen-bond acceptors (Lipinski definition) is 4. The first-order valence-corrected chi connectivity index (χ1v) is 7.74. The van der Waals surface area contributed by atoms with E-state index in [1.807, 2.05) is 58.0 Å². The Bertz CT molecular complexity index is 474. The van der Waals surface area contributed by atoms with Gasteiger partial charge in [-0.15, -0.1) is 0 Å². The van der Waals surface area contributed by atoms with Crippen LogP contribution in [0.3, 0.4) is 0 Å². The summed E-state index contributed by atoms with van der Waals surface area (Å²) in [5, 5.41) is 0. The smallest absolute Gasteiger partial charge is 0.309 e. The van der Waals surface area contributed by atoms with E-state index in [-0.39, 0.29) is 25.0 Å². The van der Waals surface area contributed by atoms with E-state index in [1.165, 1.54) is 0 Å². The number of benzene rings is 1. The van der Waals surface area contributed by atoms with Crippen molar-refractivity contribution in [2.24, 2.45) is 5.92 Å². The van der Waals surface area contributed by atoms with E-state index in [0.717, 1.165) is 12.0 Å². The van der Waals surface area contributed by atoms with Gasteiger partial charge in [0.25, 0.3) is 0 Å². The lowest BCUT2D eigenvalue weighted by atomic mass is 10.00. The Morgan fingerprint density at radius 3 is 2.32 bits per heavy atom. The van der Waals surface area contributed by atoms with Crippen molar-refractivity contribution in [2.45, 2.75) is 59.2 Å². The standard InChI is InChI=1S/C18H26O4/c1-5-9-15(12-16(19)22-18(2,3)4)17(20)21-13-14-10-7-6-8-11-14/h6-8,10-11,15H,5,9,12-13H2,1-4H3. The summed E-state index contributed by atoms with van der Waals surface area (Å²) >= 11 is 0. The van der Waals surface area contributed by atoms with Crippen LogP contribution in [0, 0.1) is 5.92 Å². The molecular weight excluding hydrogens is 280 g/mol. The van der Waals surface area contributed by atoms with Crippen molar-refractivity contribution in [2.75, 3.05) is 0 Å². The zero-order valence-corrected chi connectivity index (χ0v) is 13.9. The molecule has 0 aliphatic rings. The number of ether oxygens (including phenoxy) is 2. The highest BCUT2D eigenvalue weighted by Gasteiger charge is 2.26. The molecule has 22 heavy (non-hydrogen) atoms. The van der Waals surface area contributed by atoms with Gasteiger partial charge >= 0.3 is 11.9 Å². The minimum atomic E-state index is -0.540. The van der Waals surface area contributed by atoms with Crippen molar-refractivity contribution in [1.29, 1.82) is 0 Å². The second-order valence-electron chi connectivity index (χ2n) is 6.37. The normalized spacial score (nSPS) is 12.5. The van der Waals surface area contributed by atoms with Crippen LogP contribution in [0.4, 0.5) is 0 Å². The van der Waals surface area contributed by atoms with Crippen LogP contribution >= 0.6 is 0 Å². The van der Waals surface area contributed by atoms with Gasteiger partial charge in [0.2, 0.25) is 0 Å². The van der Waals surface area contributed by atoms with Crippen molar-refractivity contribution in [3.8, 4) is 0 Å². The molecule has 0 aliphatic heterocycles. The predicted molar refractivity (Wildman–Crippen MR) is 85.1 cm³/mol. The van der Waals surface area contributed by atoms with E-state index in [9.17, 15) is 9.59 Å². The number of esters is 2.